The quantitative estimate of drug-likeness (QED) is 0.679. The lowest BCUT2D eigenvalue weighted by molar-refractivity contribution is -0.119. The average molecular weight is 279 g/mol. The summed E-state index contributed by atoms with van der Waals surface area (Å²) in [7, 11) is 0. The van der Waals surface area contributed by atoms with Gasteiger partial charge in [0.15, 0.2) is 0 Å². The molecule has 1 aromatic heterocycles. The predicted octanol–water partition coefficient (Wildman–Crippen LogP) is 1.85. The molecule has 1 N–H and O–H groups in total. The second-order valence-electron chi connectivity index (χ2n) is 5.26. The molecule has 0 fully saturated rings. The molecule has 1 unspecified atom stereocenters. The molecule has 2 aliphatic heterocycles. The van der Waals surface area contributed by atoms with Crippen molar-refractivity contribution in [2.45, 2.75) is 5.41 Å². The first-order chi connectivity index (χ1) is 10.3. The number of fused-ring (bicyclic) bond motifs is 6. The molecule has 5 rings (SSSR count). The van der Waals surface area contributed by atoms with Gasteiger partial charge in [-0.05, 0) is 34.1 Å². The largest absolute Gasteiger partial charge is 0.491 e. The predicted molar refractivity (Wildman–Crippen MR) is 73.2 cm³/mol. The van der Waals surface area contributed by atoms with E-state index in [0.29, 0.717) is 16.8 Å². The first-order valence-corrected chi connectivity index (χ1v) is 6.60. The maximum atomic E-state index is 12.7. The molecule has 102 valence electrons. The van der Waals surface area contributed by atoms with Crippen LogP contribution in [-0.2, 0) is 10.2 Å². The summed E-state index contributed by atoms with van der Waals surface area (Å²) in [6.45, 7) is 0.261. The van der Waals surface area contributed by atoms with Crippen molar-refractivity contribution in [1.29, 1.82) is 0 Å². The summed E-state index contributed by atoms with van der Waals surface area (Å²) in [6.07, 6.45) is 0. The number of carbonyl (C=O) groups is 1. The lowest BCUT2D eigenvalue weighted by Gasteiger charge is -2.19. The second kappa shape index (κ2) is 3.41. The Labute approximate surface area is 118 Å². The van der Waals surface area contributed by atoms with E-state index < -0.39 is 5.41 Å². The summed E-state index contributed by atoms with van der Waals surface area (Å²) in [5.41, 5.74) is 2.79. The van der Waals surface area contributed by atoms with Crippen LogP contribution >= 0.6 is 0 Å². The molecule has 0 aliphatic carbocycles. The highest BCUT2D eigenvalue weighted by Crippen LogP contribution is 2.51. The molecule has 21 heavy (non-hydrogen) atoms. The molecule has 1 amide bonds. The summed E-state index contributed by atoms with van der Waals surface area (Å²) in [5.74, 6) is 0.558. The van der Waals surface area contributed by atoms with Crippen LogP contribution in [0.1, 0.15) is 11.1 Å². The van der Waals surface area contributed by atoms with E-state index in [2.05, 4.69) is 15.6 Å². The minimum atomic E-state index is -0.871. The molecule has 2 aliphatic rings. The van der Waals surface area contributed by atoms with Crippen molar-refractivity contribution in [1.82, 2.24) is 10.3 Å². The fourth-order valence-corrected chi connectivity index (χ4v) is 3.33. The number of hydrogen-bond acceptors (Lipinski definition) is 5. The van der Waals surface area contributed by atoms with E-state index in [1.54, 1.807) is 6.07 Å². The maximum absolute atomic E-state index is 12.7. The first kappa shape index (κ1) is 10.8. The van der Waals surface area contributed by atoms with Crippen LogP contribution in [0, 0.1) is 0 Å². The van der Waals surface area contributed by atoms with Gasteiger partial charge in [0, 0.05) is 11.3 Å². The first-order valence-electron chi connectivity index (χ1n) is 6.60. The van der Waals surface area contributed by atoms with Crippen LogP contribution in [0.3, 0.4) is 0 Å². The number of rotatable bonds is 0. The zero-order chi connectivity index (χ0) is 14.0. The molecular weight excluding hydrogens is 270 g/mol. The summed E-state index contributed by atoms with van der Waals surface area (Å²) < 4.78 is 10.6. The van der Waals surface area contributed by atoms with Crippen molar-refractivity contribution in [2.24, 2.45) is 0 Å². The van der Waals surface area contributed by atoms with E-state index in [-0.39, 0.29) is 12.5 Å². The molecule has 6 heteroatoms. The van der Waals surface area contributed by atoms with Gasteiger partial charge in [0.25, 0.3) is 0 Å². The van der Waals surface area contributed by atoms with Gasteiger partial charge in [0.05, 0.1) is 0 Å². The Bertz CT molecular complexity index is 917. The number of carbonyl (C=O) groups excluding carboxylic acids is 1. The third kappa shape index (κ3) is 1.12. The van der Waals surface area contributed by atoms with Gasteiger partial charge >= 0.3 is 0 Å². The molecule has 3 heterocycles. The van der Waals surface area contributed by atoms with Gasteiger partial charge < -0.3 is 10.1 Å². The van der Waals surface area contributed by atoms with Gasteiger partial charge in [-0.25, -0.2) is 4.63 Å². The molecule has 1 atom stereocenters. The van der Waals surface area contributed by atoms with E-state index in [4.69, 9.17) is 9.37 Å². The number of para-hydroxylation sites is 1. The molecule has 0 bridgehead atoms. The Morgan fingerprint density at radius 2 is 2.05 bits per heavy atom. The van der Waals surface area contributed by atoms with Crippen LogP contribution < -0.4 is 10.1 Å². The SMILES string of the molecule is O=C1Nc2ccccc2C12COc1ccc3nonc3c12. The van der Waals surface area contributed by atoms with Crippen LogP contribution in [0.2, 0.25) is 0 Å². The van der Waals surface area contributed by atoms with Crippen molar-refractivity contribution >= 4 is 22.6 Å². The molecule has 6 nitrogen and oxygen atoms in total. The molecule has 3 aromatic rings. The normalized spacial score (nSPS) is 22.2. The lowest BCUT2D eigenvalue weighted by atomic mass is 9.76. The van der Waals surface area contributed by atoms with E-state index in [9.17, 15) is 4.79 Å². The van der Waals surface area contributed by atoms with Gasteiger partial charge in [0.2, 0.25) is 5.91 Å². The molecular formula is C15H9N3O3. The van der Waals surface area contributed by atoms with Crippen LogP contribution in [0.15, 0.2) is 41.0 Å². The number of aromatic nitrogens is 2. The van der Waals surface area contributed by atoms with Crippen LogP contribution in [-0.4, -0.2) is 22.8 Å². The number of nitrogens with one attached hydrogen (secondary N) is 1. The molecule has 0 saturated carbocycles. The van der Waals surface area contributed by atoms with E-state index in [0.717, 1.165) is 16.8 Å². The van der Waals surface area contributed by atoms with Gasteiger partial charge in [-0.2, -0.15) is 0 Å². The van der Waals surface area contributed by atoms with E-state index in [1.807, 2.05) is 30.3 Å². The monoisotopic (exact) mass is 279 g/mol. The standard InChI is InChI=1S/C15H9N3O3/c19-14-15(8-3-1-2-4-9(8)16-14)7-20-11-6-5-10-13(12(11)15)18-21-17-10/h1-6H,7H2,(H,16,19). The smallest absolute Gasteiger partial charge is 0.243 e. The zero-order valence-corrected chi connectivity index (χ0v) is 10.8. The number of ether oxygens (including phenoxy) is 1. The number of hydrogen-bond donors (Lipinski definition) is 1. The van der Waals surface area contributed by atoms with Crippen molar-refractivity contribution in [3.8, 4) is 5.75 Å². The van der Waals surface area contributed by atoms with Crippen molar-refractivity contribution < 1.29 is 14.2 Å². The fraction of sp³-hybridized carbons (Fsp3) is 0.133. The van der Waals surface area contributed by atoms with Crippen LogP contribution in [0.5, 0.6) is 5.75 Å². The van der Waals surface area contributed by atoms with Gasteiger partial charge in [-0.1, -0.05) is 18.2 Å². The highest BCUT2D eigenvalue weighted by molar-refractivity contribution is 6.11. The summed E-state index contributed by atoms with van der Waals surface area (Å²) in [4.78, 5) is 12.7. The molecule has 0 radical (unpaired) electrons. The lowest BCUT2D eigenvalue weighted by Crippen LogP contribution is -2.37. The number of nitrogens with zero attached hydrogens (tertiary/aromatic N) is 2. The maximum Gasteiger partial charge on any atom is 0.243 e. The van der Waals surface area contributed by atoms with Crippen molar-refractivity contribution in [2.75, 3.05) is 11.9 Å². The third-order valence-electron chi connectivity index (χ3n) is 4.28. The van der Waals surface area contributed by atoms with Gasteiger partial charge in [0.1, 0.15) is 28.8 Å². The Balaban J connectivity index is 1.92. The minimum Gasteiger partial charge on any atom is -0.491 e. The van der Waals surface area contributed by atoms with Gasteiger partial charge in [-0.15, -0.1) is 0 Å². The van der Waals surface area contributed by atoms with Crippen LogP contribution in [0.25, 0.3) is 11.0 Å². The third-order valence-corrected chi connectivity index (χ3v) is 4.28. The van der Waals surface area contributed by atoms with E-state index >= 15 is 0 Å². The Hall–Kier alpha value is -2.89. The zero-order valence-electron chi connectivity index (χ0n) is 10.8. The topological polar surface area (TPSA) is 77.2 Å². The van der Waals surface area contributed by atoms with Crippen molar-refractivity contribution in [3.05, 3.63) is 47.5 Å². The second-order valence-corrected chi connectivity index (χ2v) is 5.26. The molecule has 1 spiro atoms. The van der Waals surface area contributed by atoms with Crippen LogP contribution in [0.4, 0.5) is 5.69 Å². The summed E-state index contributed by atoms with van der Waals surface area (Å²) in [5, 5.41) is 10.8. The van der Waals surface area contributed by atoms with E-state index in [1.165, 1.54) is 0 Å². The minimum absolute atomic E-state index is 0.0991. The highest BCUT2D eigenvalue weighted by atomic mass is 16.6. The summed E-state index contributed by atoms with van der Waals surface area (Å²) >= 11 is 0. The summed E-state index contributed by atoms with van der Waals surface area (Å²) in [6, 6.07) is 11.2. The number of amides is 1. The fourth-order valence-electron chi connectivity index (χ4n) is 3.33. The molecule has 0 saturated heterocycles. The van der Waals surface area contributed by atoms with Crippen molar-refractivity contribution in [3.63, 3.8) is 0 Å². The molecule has 2 aromatic carbocycles. The number of benzene rings is 2. The highest BCUT2D eigenvalue weighted by Gasteiger charge is 2.55. The Kier molecular flexibility index (Phi) is 1.76. The Morgan fingerprint density at radius 1 is 1.14 bits per heavy atom. The number of anilines is 1. The van der Waals surface area contributed by atoms with Gasteiger partial charge in [-0.3, -0.25) is 4.79 Å². The average Bonchev–Trinajstić information content (AvgIpc) is 3.18. The Morgan fingerprint density at radius 3 is 3.00 bits per heavy atom.